The fourth-order valence-corrected chi connectivity index (χ4v) is 6.45. The van der Waals surface area contributed by atoms with E-state index in [4.69, 9.17) is 11.6 Å². The van der Waals surface area contributed by atoms with Crippen molar-refractivity contribution in [2.24, 2.45) is 0 Å². The van der Waals surface area contributed by atoms with E-state index >= 15 is 0 Å². The number of thiophene rings is 1. The Hall–Kier alpha value is -1.53. The number of halogens is 2. The Kier molecular flexibility index (Phi) is 5.87. The highest BCUT2D eigenvalue weighted by Crippen LogP contribution is 2.29. The molecule has 0 unspecified atom stereocenters. The molecule has 1 fully saturated rings. The number of carbonyl (C=O) groups is 1. The normalized spacial score (nSPS) is 15.7. The molecule has 0 N–H and O–H groups in total. The molecular weight excluding hydrogens is 482 g/mol. The van der Waals surface area contributed by atoms with Gasteiger partial charge in [0.05, 0.1) is 8.71 Å². The number of carbonyl (C=O) groups excluding carboxylic acids is 1. The molecule has 3 rings (SSSR count). The van der Waals surface area contributed by atoms with Crippen molar-refractivity contribution in [1.82, 2.24) is 9.21 Å². The van der Waals surface area contributed by atoms with Gasteiger partial charge in [0.2, 0.25) is 0 Å². The number of amides is 1. The Balaban J connectivity index is 1.75. The number of nitro benzene ring substituents is 1. The standard InChI is InChI=1S/C15H13BrClN3O5S2/c16-13-3-4-14(26-13)27(24,25)19-7-5-18(6-8-19)15(21)11-2-1-10(17)9-12(11)20(22)23/h1-4,9H,5-8H2. The van der Waals surface area contributed by atoms with E-state index in [1.807, 2.05) is 0 Å². The zero-order valence-electron chi connectivity index (χ0n) is 13.7. The highest BCUT2D eigenvalue weighted by molar-refractivity contribution is 9.11. The third-order valence-electron chi connectivity index (χ3n) is 4.06. The van der Waals surface area contributed by atoms with Crippen molar-refractivity contribution in [3.05, 3.63) is 54.8 Å². The molecule has 0 saturated carbocycles. The molecule has 27 heavy (non-hydrogen) atoms. The summed E-state index contributed by atoms with van der Waals surface area (Å²) < 4.78 is 27.5. The summed E-state index contributed by atoms with van der Waals surface area (Å²) in [7, 11) is -3.62. The second-order valence-electron chi connectivity index (χ2n) is 5.67. The molecule has 0 radical (unpaired) electrons. The van der Waals surface area contributed by atoms with Gasteiger partial charge in [-0.15, -0.1) is 11.3 Å². The molecule has 2 heterocycles. The van der Waals surface area contributed by atoms with Gasteiger partial charge in [-0.1, -0.05) is 11.6 Å². The Morgan fingerprint density at radius 3 is 2.41 bits per heavy atom. The van der Waals surface area contributed by atoms with Crippen LogP contribution in [0.3, 0.4) is 0 Å². The van der Waals surface area contributed by atoms with Crippen LogP contribution in [0.5, 0.6) is 0 Å². The molecule has 1 aromatic carbocycles. The number of piperazine rings is 1. The van der Waals surface area contributed by atoms with Gasteiger partial charge in [-0.05, 0) is 40.2 Å². The number of hydrogen-bond acceptors (Lipinski definition) is 6. The van der Waals surface area contributed by atoms with Gasteiger partial charge in [-0.3, -0.25) is 14.9 Å². The lowest BCUT2D eigenvalue weighted by Crippen LogP contribution is -2.50. The largest absolute Gasteiger partial charge is 0.336 e. The lowest BCUT2D eigenvalue weighted by molar-refractivity contribution is -0.385. The Labute approximate surface area is 172 Å². The maximum atomic E-state index is 12.7. The van der Waals surface area contributed by atoms with Crippen LogP contribution >= 0.6 is 38.9 Å². The SMILES string of the molecule is O=C(c1ccc(Cl)cc1[N+](=O)[O-])N1CCN(S(=O)(=O)c2ccc(Br)s2)CC1. The van der Waals surface area contributed by atoms with Crippen molar-refractivity contribution in [1.29, 1.82) is 0 Å². The average Bonchev–Trinajstić information content (AvgIpc) is 3.08. The summed E-state index contributed by atoms with van der Waals surface area (Å²) in [5.41, 5.74) is -0.436. The zero-order chi connectivity index (χ0) is 19.8. The summed E-state index contributed by atoms with van der Waals surface area (Å²) >= 11 is 10.1. The van der Waals surface area contributed by atoms with Crippen molar-refractivity contribution in [2.75, 3.05) is 26.2 Å². The summed E-state index contributed by atoms with van der Waals surface area (Å²) in [4.78, 5) is 24.6. The Bertz CT molecular complexity index is 1000. The molecule has 0 atom stereocenters. The molecule has 2 aromatic rings. The number of nitrogens with zero attached hydrogens (tertiary/aromatic N) is 3. The summed E-state index contributed by atoms with van der Waals surface area (Å²) in [5.74, 6) is -0.519. The Morgan fingerprint density at radius 1 is 1.19 bits per heavy atom. The number of hydrogen-bond donors (Lipinski definition) is 0. The third-order valence-corrected chi connectivity index (χ3v) is 8.28. The van der Waals surface area contributed by atoms with E-state index in [-0.39, 0.29) is 46.7 Å². The van der Waals surface area contributed by atoms with E-state index in [1.54, 1.807) is 6.07 Å². The van der Waals surface area contributed by atoms with Crippen molar-refractivity contribution in [3.63, 3.8) is 0 Å². The summed E-state index contributed by atoms with van der Waals surface area (Å²) in [5, 5.41) is 11.4. The van der Waals surface area contributed by atoms with Crippen LogP contribution in [0.15, 0.2) is 38.3 Å². The molecule has 12 heteroatoms. The third kappa shape index (κ3) is 4.16. The number of sulfonamides is 1. The molecule has 1 aromatic heterocycles. The predicted molar refractivity (Wildman–Crippen MR) is 105 cm³/mol. The average molecular weight is 495 g/mol. The minimum Gasteiger partial charge on any atom is -0.336 e. The van der Waals surface area contributed by atoms with Gasteiger partial charge in [0.25, 0.3) is 21.6 Å². The van der Waals surface area contributed by atoms with Gasteiger partial charge in [-0.2, -0.15) is 4.31 Å². The fourth-order valence-electron chi connectivity index (χ4n) is 2.70. The highest BCUT2D eigenvalue weighted by Gasteiger charge is 2.33. The number of benzene rings is 1. The van der Waals surface area contributed by atoms with E-state index in [0.29, 0.717) is 3.79 Å². The van der Waals surface area contributed by atoms with E-state index in [1.165, 1.54) is 27.4 Å². The molecule has 1 aliphatic rings. The first-order chi connectivity index (χ1) is 12.7. The Morgan fingerprint density at radius 2 is 1.85 bits per heavy atom. The van der Waals surface area contributed by atoms with Crippen LogP contribution in [-0.4, -0.2) is 54.6 Å². The smallest absolute Gasteiger partial charge is 0.283 e. The van der Waals surface area contributed by atoms with Gasteiger partial charge in [-0.25, -0.2) is 8.42 Å². The summed E-state index contributed by atoms with van der Waals surface area (Å²) in [6.07, 6.45) is 0. The van der Waals surface area contributed by atoms with Gasteiger partial charge in [0.15, 0.2) is 0 Å². The fraction of sp³-hybridized carbons (Fsp3) is 0.267. The molecule has 8 nitrogen and oxygen atoms in total. The van der Waals surface area contributed by atoms with E-state index in [0.717, 1.165) is 17.4 Å². The monoisotopic (exact) mass is 493 g/mol. The van der Waals surface area contributed by atoms with Crippen molar-refractivity contribution in [3.8, 4) is 0 Å². The van der Waals surface area contributed by atoms with Crippen molar-refractivity contribution < 1.29 is 18.1 Å². The topological polar surface area (TPSA) is 101 Å². The van der Waals surface area contributed by atoms with Crippen LogP contribution in [0.25, 0.3) is 0 Å². The molecular formula is C15H13BrClN3O5S2. The summed E-state index contributed by atoms with van der Waals surface area (Å²) in [6, 6.07) is 7.05. The molecule has 0 spiro atoms. The van der Waals surface area contributed by atoms with Gasteiger partial charge in [0.1, 0.15) is 9.77 Å². The van der Waals surface area contributed by atoms with E-state index in [2.05, 4.69) is 15.9 Å². The molecule has 0 aliphatic carbocycles. The second kappa shape index (κ2) is 7.84. The molecule has 1 amide bonds. The van der Waals surface area contributed by atoms with Crippen LogP contribution in [0.1, 0.15) is 10.4 Å². The second-order valence-corrected chi connectivity index (χ2v) is 10.7. The van der Waals surface area contributed by atoms with Gasteiger partial charge < -0.3 is 4.90 Å². The number of rotatable bonds is 4. The maximum absolute atomic E-state index is 12.7. The lowest BCUT2D eigenvalue weighted by Gasteiger charge is -2.33. The van der Waals surface area contributed by atoms with Crippen LogP contribution < -0.4 is 0 Å². The first-order valence-electron chi connectivity index (χ1n) is 7.69. The zero-order valence-corrected chi connectivity index (χ0v) is 17.6. The first kappa shape index (κ1) is 20.2. The van der Waals surface area contributed by atoms with Crippen LogP contribution in [0.4, 0.5) is 5.69 Å². The maximum Gasteiger partial charge on any atom is 0.283 e. The van der Waals surface area contributed by atoms with Gasteiger partial charge >= 0.3 is 0 Å². The van der Waals surface area contributed by atoms with Crippen LogP contribution in [0.2, 0.25) is 5.02 Å². The minimum absolute atomic E-state index is 0.0668. The van der Waals surface area contributed by atoms with Crippen molar-refractivity contribution in [2.45, 2.75) is 4.21 Å². The summed E-state index contributed by atoms with van der Waals surface area (Å²) in [6.45, 7) is 0.519. The predicted octanol–water partition coefficient (Wildman–Crippen LogP) is 3.22. The number of nitro groups is 1. The van der Waals surface area contributed by atoms with Crippen molar-refractivity contribution >= 4 is 60.5 Å². The molecule has 0 bridgehead atoms. The minimum atomic E-state index is -3.62. The van der Waals surface area contributed by atoms with E-state index < -0.39 is 20.9 Å². The highest BCUT2D eigenvalue weighted by atomic mass is 79.9. The van der Waals surface area contributed by atoms with E-state index in [9.17, 15) is 23.3 Å². The lowest BCUT2D eigenvalue weighted by atomic mass is 10.1. The van der Waals surface area contributed by atoms with Gasteiger partial charge in [0, 0.05) is 37.3 Å². The molecule has 144 valence electrons. The molecule has 1 aliphatic heterocycles. The van der Waals surface area contributed by atoms with Crippen LogP contribution in [-0.2, 0) is 10.0 Å². The quantitative estimate of drug-likeness (QED) is 0.480. The van der Waals surface area contributed by atoms with Crippen LogP contribution in [0, 0.1) is 10.1 Å². The first-order valence-corrected chi connectivity index (χ1v) is 11.1. The molecule has 1 saturated heterocycles.